The summed E-state index contributed by atoms with van der Waals surface area (Å²) in [4.78, 5) is 0. The van der Waals surface area contributed by atoms with Crippen LogP contribution in [-0.4, -0.2) is 5.21 Å². The molecule has 3 heteroatoms. The van der Waals surface area contributed by atoms with E-state index >= 15 is 0 Å². The molecule has 1 aromatic rings. The maximum Gasteiger partial charge on any atom is 0.314 e. The standard InChI is InChI=1S/C7H10N2O/c1-5-3-4-6(2)9(10)7(5)8/h3-4,8,10H,1-2H3/p+1. The van der Waals surface area contributed by atoms with E-state index in [2.05, 4.69) is 0 Å². The van der Waals surface area contributed by atoms with Crippen LogP contribution in [0.25, 0.3) is 0 Å². The Balaban J connectivity index is 3.34. The molecular weight excluding hydrogens is 128 g/mol. The zero-order valence-corrected chi connectivity index (χ0v) is 6.13. The lowest BCUT2D eigenvalue weighted by molar-refractivity contribution is -0.897. The third kappa shape index (κ3) is 0.900. The Hall–Kier alpha value is -1.25. The minimum atomic E-state index is 0.403. The molecule has 0 fully saturated rings. The molecule has 3 N–H and O–H groups in total. The SMILES string of the molecule is Cc1ccc(C)[n+](O)c1N. The van der Waals surface area contributed by atoms with E-state index < -0.39 is 0 Å². The van der Waals surface area contributed by atoms with Crippen molar-refractivity contribution < 1.29 is 9.94 Å². The highest BCUT2D eigenvalue weighted by Gasteiger charge is 2.07. The van der Waals surface area contributed by atoms with Crippen molar-refractivity contribution in [1.29, 1.82) is 0 Å². The average molecular weight is 139 g/mol. The van der Waals surface area contributed by atoms with E-state index in [9.17, 15) is 5.21 Å². The molecule has 0 aromatic carbocycles. The predicted molar refractivity (Wildman–Crippen MR) is 37.7 cm³/mol. The summed E-state index contributed by atoms with van der Waals surface area (Å²) in [6, 6.07) is 3.68. The van der Waals surface area contributed by atoms with E-state index in [1.54, 1.807) is 6.92 Å². The van der Waals surface area contributed by atoms with Gasteiger partial charge in [-0.2, -0.15) is 0 Å². The van der Waals surface area contributed by atoms with E-state index in [1.165, 1.54) is 0 Å². The van der Waals surface area contributed by atoms with Crippen molar-refractivity contribution in [2.24, 2.45) is 0 Å². The number of nitrogen functional groups attached to an aromatic ring is 1. The normalized spacial score (nSPS) is 9.80. The van der Waals surface area contributed by atoms with Gasteiger partial charge in [-0.3, -0.25) is 5.73 Å². The van der Waals surface area contributed by atoms with E-state index in [0.29, 0.717) is 5.82 Å². The van der Waals surface area contributed by atoms with Crippen LogP contribution >= 0.6 is 0 Å². The van der Waals surface area contributed by atoms with Crippen LogP contribution in [0.4, 0.5) is 5.82 Å². The van der Waals surface area contributed by atoms with Crippen LogP contribution in [0.3, 0.4) is 0 Å². The number of anilines is 1. The number of hydrogen-bond acceptors (Lipinski definition) is 2. The molecule has 0 radical (unpaired) electrons. The fourth-order valence-corrected chi connectivity index (χ4v) is 0.759. The third-order valence-electron chi connectivity index (χ3n) is 1.54. The van der Waals surface area contributed by atoms with Gasteiger partial charge in [0.1, 0.15) is 5.69 Å². The first-order valence-electron chi connectivity index (χ1n) is 3.10. The second-order valence-electron chi connectivity index (χ2n) is 2.35. The minimum Gasteiger partial charge on any atom is -0.349 e. The monoisotopic (exact) mass is 139 g/mol. The Kier molecular flexibility index (Phi) is 1.49. The Morgan fingerprint density at radius 3 is 2.50 bits per heavy atom. The first-order valence-corrected chi connectivity index (χ1v) is 3.10. The highest BCUT2D eigenvalue weighted by Crippen LogP contribution is 2.03. The van der Waals surface area contributed by atoms with Crippen LogP contribution < -0.4 is 10.5 Å². The number of pyridine rings is 1. The van der Waals surface area contributed by atoms with E-state index in [0.717, 1.165) is 16.0 Å². The van der Waals surface area contributed by atoms with E-state index in [-0.39, 0.29) is 0 Å². The molecule has 10 heavy (non-hydrogen) atoms. The van der Waals surface area contributed by atoms with Gasteiger partial charge >= 0.3 is 5.82 Å². The summed E-state index contributed by atoms with van der Waals surface area (Å²) < 4.78 is 0.981. The number of hydrogen-bond donors (Lipinski definition) is 2. The maximum absolute atomic E-state index is 9.18. The first-order chi connectivity index (χ1) is 4.63. The largest absolute Gasteiger partial charge is 0.349 e. The molecule has 0 aliphatic rings. The molecule has 0 unspecified atom stereocenters. The van der Waals surface area contributed by atoms with E-state index in [4.69, 9.17) is 5.73 Å². The minimum absolute atomic E-state index is 0.403. The molecule has 0 aliphatic carbocycles. The molecule has 0 amide bonds. The van der Waals surface area contributed by atoms with Crippen molar-refractivity contribution >= 4 is 5.82 Å². The fraction of sp³-hybridized carbons (Fsp3) is 0.286. The Bertz CT molecular complexity index is 231. The van der Waals surface area contributed by atoms with Gasteiger partial charge in [0.05, 0.1) is 0 Å². The molecule has 54 valence electrons. The van der Waals surface area contributed by atoms with Crippen molar-refractivity contribution in [3.05, 3.63) is 23.4 Å². The average Bonchev–Trinajstić information content (AvgIpc) is 1.93. The molecule has 0 bridgehead atoms. The highest BCUT2D eigenvalue weighted by molar-refractivity contribution is 5.32. The molecule has 1 rings (SSSR count). The van der Waals surface area contributed by atoms with Crippen LogP contribution in [0.1, 0.15) is 11.3 Å². The third-order valence-corrected chi connectivity index (χ3v) is 1.54. The van der Waals surface area contributed by atoms with Gasteiger partial charge < -0.3 is 5.21 Å². The summed E-state index contributed by atoms with van der Waals surface area (Å²) in [5, 5.41) is 9.18. The number of aryl methyl sites for hydroxylation is 2. The van der Waals surface area contributed by atoms with E-state index in [1.807, 2.05) is 19.1 Å². The molecule has 0 saturated heterocycles. The quantitative estimate of drug-likeness (QED) is 0.404. The number of aromatic nitrogens is 1. The topological polar surface area (TPSA) is 50.1 Å². The van der Waals surface area contributed by atoms with Crippen LogP contribution in [0.5, 0.6) is 0 Å². The van der Waals surface area contributed by atoms with Gasteiger partial charge in [0.15, 0.2) is 0 Å². The van der Waals surface area contributed by atoms with Crippen molar-refractivity contribution in [3.8, 4) is 0 Å². The zero-order valence-electron chi connectivity index (χ0n) is 6.13. The Morgan fingerprint density at radius 1 is 1.40 bits per heavy atom. The molecule has 0 saturated carbocycles. The van der Waals surface area contributed by atoms with Crippen LogP contribution in [-0.2, 0) is 0 Å². The Labute approximate surface area is 59.7 Å². The van der Waals surface area contributed by atoms with Gasteiger partial charge in [-0.15, -0.1) is 0 Å². The van der Waals surface area contributed by atoms with Gasteiger partial charge in [0.2, 0.25) is 0 Å². The Morgan fingerprint density at radius 2 is 2.00 bits per heavy atom. The lowest BCUT2D eigenvalue weighted by Gasteiger charge is -1.98. The van der Waals surface area contributed by atoms with Crippen molar-refractivity contribution in [2.45, 2.75) is 13.8 Å². The highest BCUT2D eigenvalue weighted by atomic mass is 16.5. The molecule has 0 spiro atoms. The second kappa shape index (κ2) is 2.17. The van der Waals surface area contributed by atoms with Crippen LogP contribution in [0, 0.1) is 13.8 Å². The predicted octanol–water partition coefficient (Wildman–Crippen LogP) is 0.410. The summed E-state index contributed by atoms with van der Waals surface area (Å²) in [7, 11) is 0. The van der Waals surface area contributed by atoms with Gasteiger partial charge in [0, 0.05) is 12.5 Å². The smallest absolute Gasteiger partial charge is 0.314 e. The number of rotatable bonds is 0. The summed E-state index contributed by atoms with van der Waals surface area (Å²) in [6.07, 6.45) is 0. The van der Waals surface area contributed by atoms with Crippen LogP contribution in [0.15, 0.2) is 12.1 Å². The van der Waals surface area contributed by atoms with Gasteiger partial charge in [-0.1, -0.05) is 0 Å². The number of nitrogens with zero attached hydrogens (tertiary/aromatic N) is 1. The maximum atomic E-state index is 9.18. The summed E-state index contributed by atoms with van der Waals surface area (Å²) in [5.74, 6) is 0.403. The number of nitrogens with two attached hydrogens (primary N) is 1. The molecule has 0 atom stereocenters. The summed E-state index contributed by atoms with van der Waals surface area (Å²) in [6.45, 7) is 3.64. The van der Waals surface area contributed by atoms with Crippen LogP contribution in [0.2, 0.25) is 0 Å². The van der Waals surface area contributed by atoms with Crippen molar-refractivity contribution in [2.75, 3.05) is 5.73 Å². The molecular formula is C7H11N2O+. The molecule has 1 heterocycles. The first kappa shape index (κ1) is 6.86. The molecule has 1 aromatic heterocycles. The fourth-order valence-electron chi connectivity index (χ4n) is 0.759. The van der Waals surface area contributed by atoms with Gasteiger partial charge in [0.25, 0.3) is 0 Å². The summed E-state index contributed by atoms with van der Waals surface area (Å²) >= 11 is 0. The molecule has 0 aliphatic heterocycles. The summed E-state index contributed by atoms with van der Waals surface area (Å²) in [5.41, 5.74) is 7.12. The van der Waals surface area contributed by atoms with Crippen molar-refractivity contribution in [3.63, 3.8) is 0 Å². The zero-order chi connectivity index (χ0) is 7.72. The van der Waals surface area contributed by atoms with Crippen molar-refractivity contribution in [1.82, 2.24) is 0 Å². The lowest BCUT2D eigenvalue weighted by atomic mass is 10.2. The van der Waals surface area contributed by atoms with Gasteiger partial charge in [-0.25, -0.2) is 0 Å². The van der Waals surface area contributed by atoms with Gasteiger partial charge in [-0.05, 0) is 23.8 Å². The second-order valence-corrected chi connectivity index (χ2v) is 2.35. The lowest BCUT2D eigenvalue weighted by Crippen LogP contribution is -2.37. The molecule has 3 nitrogen and oxygen atoms in total.